The summed E-state index contributed by atoms with van der Waals surface area (Å²) in [5.74, 6) is -0.582. The second kappa shape index (κ2) is 7.92. The lowest BCUT2D eigenvalue weighted by Crippen LogP contribution is -2.36. The van der Waals surface area contributed by atoms with Gasteiger partial charge in [0, 0.05) is 24.5 Å². The average molecular weight is 372 g/mol. The van der Waals surface area contributed by atoms with Crippen LogP contribution < -0.4 is 0 Å². The van der Waals surface area contributed by atoms with E-state index in [-0.39, 0.29) is 17.4 Å². The van der Waals surface area contributed by atoms with Gasteiger partial charge in [-0.2, -0.15) is 0 Å². The molecule has 0 aliphatic carbocycles. The number of rotatable bonds is 5. The number of carboxylic acid groups (broad SMARTS) is 1. The first-order valence-corrected chi connectivity index (χ1v) is 9.17. The van der Waals surface area contributed by atoms with Crippen LogP contribution in [0.2, 0.25) is 5.02 Å². The van der Waals surface area contributed by atoms with Gasteiger partial charge in [0.15, 0.2) is 0 Å². The Bertz CT molecular complexity index is 817. The first-order valence-electron chi connectivity index (χ1n) is 8.79. The molecule has 0 spiro atoms. The number of carbonyl (C=O) groups excluding carboxylic acids is 1. The fourth-order valence-corrected chi connectivity index (χ4v) is 3.55. The van der Waals surface area contributed by atoms with E-state index in [1.807, 2.05) is 35.2 Å². The molecule has 26 heavy (non-hydrogen) atoms. The molecule has 2 aromatic rings. The molecule has 136 valence electrons. The van der Waals surface area contributed by atoms with E-state index in [4.69, 9.17) is 16.7 Å². The molecule has 0 bridgehead atoms. The number of halogens is 1. The van der Waals surface area contributed by atoms with Crippen LogP contribution in [0.1, 0.15) is 40.4 Å². The minimum atomic E-state index is -0.937. The first-order chi connectivity index (χ1) is 12.4. The quantitative estimate of drug-likeness (QED) is 0.857. The summed E-state index contributed by atoms with van der Waals surface area (Å²) in [7, 11) is 0. The van der Waals surface area contributed by atoms with Crippen molar-refractivity contribution in [3.8, 4) is 0 Å². The number of hydrogen-bond donors (Lipinski definition) is 1. The number of nitrogens with zero attached hydrogens (tertiary/aromatic N) is 1. The molecule has 1 N–H and O–H groups in total. The first kappa shape index (κ1) is 18.5. The number of hydrogen-bond acceptors (Lipinski definition) is 2. The lowest BCUT2D eigenvalue weighted by atomic mass is 9.95. The van der Waals surface area contributed by atoms with Gasteiger partial charge >= 0.3 is 5.97 Å². The summed E-state index contributed by atoms with van der Waals surface area (Å²) in [6, 6.07) is 12.9. The van der Waals surface area contributed by atoms with Gasteiger partial charge in [0.1, 0.15) is 0 Å². The number of carbonyl (C=O) groups is 2. The monoisotopic (exact) mass is 371 g/mol. The van der Waals surface area contributed by atoms with Crippen molar-refractivity contribution in [2.75, 3.05) is 6.54 Å². The Balaban J connectivity index is 1.61. The molecule has 1 aliphatic heterocycles. The summed E-state index contributed by atoms with van der Waals surface area (Å²) in [5.41, 5.74) is 3.52. The molecule has 5 heteroatoms. The number of fused-ring (bicyclic) bond motifs is 1. The molecular weight excluding hydrogens is 350 g/mol. The van der Waals surface area contributed by atoms with Crippen molar-refractivity contribution < 1.29 is 14.7 Å². The SMILES string of the molecule is CC(CC(=O)N1CCc2ccc(C(=O)O)cc2C1)Cc1ccc(Cl)cc1. The van der Waals surface area contributed by atoms with Gasteiger partial charge in [0.25, 0.3) is 0 Å². The largest absolute Gasteiger partial charge is 0.478 e. The number of aromatic carboxylic acids is 1. The molecule has 0 aromatic heterocycles. The number of amides is 1. The highest BCUT2D eigenvalue weighted by Crippen LogP contribution is 2.23. The van der Waals surface area contributed by atoms with E-state index in [0.717, 1.165) is 24.0 Å². The van der Waals surface area contributed by atoms with Gasteiger partial charge in [-0.3, -0.25) is 4.79 Å². The average Bonchev–Trinajstić information content (AvgIpc) is 2.62. The van der Waals surface area contributed by atoms with Crippen LogP contribution in [-0.2, 0) is 24.2 Å². The standard InChI is InChI=1S/C21H22ClNO3/c1-14(10-15-2-6-19(22)7-3-15)11-20(24)23-9-8-16-4-5-17(21(25)26)12-18(16)13-23/h2-7,12,14H,8-11,13H2,1H3,(H,25,26). The molecule has 3 rings (SSSR count). The van der Waals surface area contributed by atoms with E-state index < -0.39 is 5.97 Å². The van der Waals surface area contributed by atoms with Crippen LogP contribution in [-0.4, -0.2) is 28.4 Å². The second-order valence-corrected chi connectivity index (χ2v) is 7.43. The van der Waals surface area contributed by atoms with Crippen molar-refractivity contribution in [2.24, 2.45) is 5.92 Å². The minimum Gasteiger partial charge on any atom is -0.478 e. The summed E-state index contributed by atoms with van der Waals surface area (Å²) < 4.78 is 0. The molecule has 1 aliphatic rings. The minimum absolute atomic E-state index is 0.123. The zero-order valence-corrected chi connectivity index (χ0v) is 15.5. The third-order valence-electron chi connectivity index (χ3n) is 4.84. The van der Waals surface area contributed by atoms with E-state index in [2.05, 4.69) is 6.92 Å². The van der Waals surface area contributed by atoms with Gasteiger partial charge in [-0.15, -0.1) is 0 Å². The van der Waals surface area contributed by atoms with Crippen LogP contribution in [0.4, 0.5) is 0 Å². The molecule has 1 atom stereocenters. The second-order valence-electron chi connectivity index (χ2n) is 6.99. The molecule has 2 aromatic carbocycles. The lowest BCUT2D eigenvalue weighted by molar-refractivity contribution is -0.133. The summed E-state index contributed by atoms with van der Waals surface area (Å²) in [4.78, 5) is 25.7. The summed E-state index contributed by atoms with van der Waals surface area (Å²) in [6.07, 6.45) is 2.08. The highest BCUT2D eigenvalue weighted by Gasteiger charge is 2.23. The molecule has 1 amide bonds. The fourth-order valence-electron chi connectivity index (χ4n) is 3.43. The molecule has 1 unspecified atom stereocenters. The van der Waals surface area contributed by atoms with Gasteiger partial charge in [-0.05, 0) is 59.7 Å². The Morgan fingerprint density at radius 1 is 1.15 bits per heavy atom. The van der Waals surface area contributed by atoms with Crippen LogP contribution in [0.25, 0.3) is 0 Å². The van der Waals surface area contributed by atoms with Crippen LogP contribution in [0.15, 0.2) is 42.5 Å². The summed E-state index contributed by atoms with van der Waals surface area (Å²) in [5, 5.41) is 9.86. The highest BCUT2D eigenvalue weighted by atomic mass is 35.5. The van der Waals surface area contributed by atoms with Gasteiger partial charge in [-0.1, -0.05) is 36.7 Å². The number of benzene rings is 2. The maximum atomic E-state index is 12.7. The zero-order chi connectivity index (χ0) is 18.7. The van der Waals surface area contributed by atoms with E-state index in [9.17, 15) is 9.59 Å². The van der Waals surface area contributed by atoms with Crippen molar-refractivity contribution in [1.29, 1.82) is 0 Å². The van der Waals surface area contributed by atoms with E-state index in [1.54, 1.807) is 12.1 Å². The summed E-state index contributed by atoms with van der Waals surface area (Å²) >= 11 is 5.91. The van der Waals surface area contributed by atoms with Gasteiger partial charge in [-0.25, -0.2) is 4.79 Å². The van der Waals surface area contributed by atoms with Crippen LogP contribution in [0.3, 0.4) is 0 Å². The Labute approximate surface area is 158 Å². The summed E-state index contributed by atoms with van der Waals surface area (Å²) in [6.45, 7) is 3.25. The van der Waals surface area contributed by atoms with Crippen molar-refractivity contribution in [1.82, 2.24) is 4.90 Å². The van der Waals surface area contributed by atoms with E-state index in [0.29, 0.717) is 24.5 Å². The maximum absolute atomic E-state index is 12.7. The Morgan fingerprint density at radius 3 is 2.58 bits per heavy atom. The Kier molecular flexibility index (Phi) is 5.62. The predicted octanol–water partition coefficient (Wildman–Crippen LogP) is 4.19. The maximum Gasteiger partial charge on any atom is 0.335 e. The molecule has 0 saturated heterocycles. The third-order valence-corrected chi connectivity index (χ3v) is 5.09. The van der Waals surface area contributed by atoms with Gasteiger partial charge < -0.3 is 10.0 Å². The molecule has 0 saturated carbocycles. The van der Waals surface area contributed by atoms with E-state index >= 15 is 0 Å². The molecule has 4 nitrogen and oxygen atoms in total. The fraction of sp³-hybridized carbons (Fsp3) is 0.333. The molecule has 0 radical (unpaired) electrons. The van der Waals surface area contributed by atoms with Crippen molar-refractivity contribution in [3.05, 3.63) is 69.7 Å². The number of carboxylic acids is 1. The Morgan fingerprint density at radius 2 is 1.88 bits per heavy atom. The van der Waals surface area contributed by atoms with Crippen molar-refractivity contribution in [2.45, 2.75) is 32.7 Å². The Hall–Kier alpha value is -2.33. The van der Waals surface area contributed by atoms with Crippen LogP contribution in [0.5, 0.6) is 0 Å². The zero-order valence-electron chi connectivity index (χ0n) is 14.7. The molecule has 1 heterocycles. The van der Waals surface area contributed by atoms with Gasteiger partial charge in [0.05, 0.1) is 5.56 Å². The molecule has 0 fully saturated rings. The lowest BCUT2D eigenvalue weighted by Gasteiger charge is -2.30. The highest BCUT2D eigenvalue weighted by molar-refractivity contribution is 6.30. The third kappa shape index (κ3) is 4.44. The normalized spacial score (nSPS) is 14.6. The van der Waals surface area contributed by atoms with Crippen LogP contribution in [0, 0.1) is 5.92 Å². The smallest absolute Gasteiger partial charge is 0.335 e. The predicted molar refractivity (Wildman–Crippen MR) is 101 cm³/mol. The van der Waals surface area contributed by atoms with Crippen molar-refractivity contribution >= 4 is 23.5 Å². The van der Waals surface area contributed by atoms with E-state index in [1.165, 1.54) is 5.56 Å². The molecular formula is C21H22ClNO3. The van der Waals surface area contributed by atoms with Gasteiger partial charge in [0.2, 0.25) is 5.91 Å². The van der Waals surface area contributed by atoms with Crippen LogP contribution >= 0.6 is 11.6 Å². The topological polar surface area (TPSA) is 57.6 Å². The van der Waals surface area contributed by atoms with Crippen molar-refractivity contribution in [3.63, 3.8) is 0 Å².